The molecule has 0 N–H and O–H groups in total. The van der Waals surface area contributed by atoms with Gasteiger partial charge in [-0.05, 0) is 77.2 Å². The highest BCUT2D eigenvalue weighted by Gasteiger charge is 2.21. The normalized spacial score (nSPS) is 11.2. The maximum absolute atomic E-state index is 13.0. The van der Waals surface area contributed by atoms with Crippen LogP contribution in [0.15, 0.2) is 36.4 Å². The zero-order valence-electron chi connectivity index (χ0n) is 17.9. The van der Waals surface area contributed by atoms with Gasteiger partial charge in [0, 0.05) is 6.54 Å². The lowest BCUT2D eigenvalue weighted by Crippen LogP contribution is -2.36. The lowest BCUT2D eigenvalue weighted by atomic mass is 10.1. The molecule has 0 atom stereocenters. The Morgan fingerprint density at radius 3 is 2.45 bits per heavy atom. The second-order valence-electron chi connectivity index (χ2n) is 7.65. The van der Waals surface area contributed by atoms with Crippen LogP contribution in [-0.2, 0) is 4.79 Å². The van der Waals surface area contributed by atoms with E-state index in [9.17, 15) is 4.79 Å². The number of carbonyl (C=O) groups excluding carboxylic acids is 1. The number of nitrogens with zero attached hydrogens (tertiary/aromatic N) is 3. The number of aromatic nitrogens is 1. The fourth-order valence-electron chi connectivity index (χ4n) is 3.06. The van der Waals surface area contributed by atoms with Gasteiger partial charge in [-0.3, -0.25) is 9.69 Å². The van der Waals surface area contributed by atoms with Gasteiger partial charge in [0.15, 0.2) is 11.7 Å². The molecule has 1 amide bonds. The van der Waals surface area contributed by atoms with E-state index < -0.39 is 0 Å². The molecule has 0 saturated carbocycles. The van der Waals surface area contributed by atoms with Crippen molar-refractivity contribution in [3.05, 3.63) is 53.1 Å². The van der Waals surface area contributed by atoms with Crippen LogP contribution in [0.3, 0.4) is 0 Å². The van der Waals surface area contributed by atoms with Crippen molar-refractivity contribution in [1.82, 2.24) is 9.88 Å². The van der Waals surface area contributed by atoms with Crippen molar-refractivity contribution in [1.29, 1.82) is 0 Å². The van der Waals surface area contributed by atoms with E-state index in [1.807, 2.05) is 45.3 Å². The van der Waals surface area contributed by atoms with Crippen LogP contribution < -0.4 is 9.64 Å². The third kappa shape index (κ3) is 5.34. The first-order valence-corrected chi connectivity index (χ1v) is 10.7. The summed E-state index contributed by atoms with van der Waals surface area (Å²) >= 11 is 1.56. The molecular formula is C23H29N3O2S. The predicted molar refractivity (Wildman–Crippen MR) is 121 cm³/mol. The quantitative estimate of drug-likeness (QED) is 0.544. The topological polar surface area (TPSA) is 45.7 Å². The van der Waals surface area contributed by atoms with Crippen LogP contribution in [0, 0.1) is 20.8 Å². The molecule has 1 aromatic heterocycles. The van der Waals surface area contributed by atoms with Crippen molar-refractivity contribution in [3.63, 3.8) is 0 Å². The van der Waals surface area contributed by atoms with E-state index in [0.717, 1.165) is 33.9 Å². The molecule has 3 aromatic rings. The zero-order valence-corrected chi connectivity index (χ0v) is 18.7. The summed E-state index contributed by atoms with van der Waals surface area (Å²) < 4.78 is 6.85. The molecular weight excluding hydrogens is 382 g/mol. The maximum atomic E-state index is 13.0. The predicted octanol–water partition coefficient (Wildman–Crippen LogP) is 4.59. The molecule has 1 heterocycles. The van der Waals surface area contributed by atoms with Gasteiger partial charge in [0.25, 0.3) is 5.91 Å². The Morgan fingerprint density at radius 2 is 1.76 bits per heavy atom. The molecule has 0 saturated heterocycles. The molecule has 0 fully saturated rings. The molecule has 5 nitrogen and oxygen atoms in total. The average Bonchev–Trinajstić information content (AvgIpc) is 3.12. The fraction of sp³-hybridized carbons (Fsp3) is 0.391. The minimum absolute atomic E-state index is 0.00103. The summed E-state index contributed by atoms with van der Waals surface area (Å²) in [6.45, 7) is 7.72. The van der Waals surface area contributed by atoms with Crippen LogP contribution in [0.2, 0.25) is 0 Å². The lowest BCUT2D eigenvalue weighted by molar-refractivity contribution is -0.120. The van der Waals surface area contributed by atoms with Crippen LogP contribution in [0.25, 0.3) is 10.2 Å². The summed E-state index contributed by atoms with van der Waals surface area (Å²) in [5, 5.41) is 0.741. The van der Waals surface area contributed by atoms with Crippen molar-refractivity contribution in [2.75, 3.05) is 38.7 Å². The maximum Gasteiger partial charge on any atom is 0.266 e. The Kier molecular flexibility index (Phi) is 6.87. The van der Waals surface area contributed by atoms with E-state index in [1.54, 1.807) is 16.2 Å². The number of anilines is 1. The second kappa shape index (κ2) is 9.37. The van der Waals surface area contributed by atoms with Crippen molar-refractivity contribution in [2.24, 2.45) is 0 Å². The molecule has 0 aliphatic rings. The summed E-state index contributed by atoms with van der Waals surface area (Å²) in [6.07, 6.45) is 0.872. The fourth-order valence-corrected chi connectivity index (χ4v) is 4.13. The van der Waals surface area contributed by atoms with Crippen LogP contribution in [-0.4, -0.2) is 49.6 Å². The molecule has 6 heteroatoms. The smallest absolute Gasteiger partial charge is 0.266 e. The van der Waals surface area contributed by atoms with Gasteiger partial charge in [-0.1, -0.05) is 35.1 Å². The minimum Gasteiger partial charge on any atom is -0.484 e. The van der Waals surface area contributed by atoms with Gasteiger partial charge in [0.05, 0.1) is 10.2 Å². The molecule has 0 spiro atoms. The number of aryl methyl sites for hydroxylation is 3. The monoisotopic (exact) mass is 411 g/mol. The molecule has 0 unspecified atom stereocenters. The Hall–Kier alpha value is -2.44. The van der Waals surface area contributed by atoms with Crippen molar-refractivity contribution >= 4 is 32.6 Å². The number of hydrogen-bond acceptors (Lipinski definition) is 5. The number of ether oxygens (including phenoxy) is 1. The first-order chi connectivity index (χ1) is 13.8. The van der Waals surface area contributed by atoms with Crippen LogP contribution in [0.1, 0.15) is 23.1 Å². The SMILES string of the molecule is Cc1ccc(OCC(=O)N(CCCN(C)C)c2nc3c(C)c(C)ccc3s2)cc1. The van der Waals surface area contributed by atoms with Gasteiger partial charge in [-0.15, -0.1) is 0 Å². The van der Waals surface area contributed by atoms with Gasteiger partial charge >= 0.3 is 0 Å². The van der Waals surface area contributed by atoms with Crippen molar-refractivity contribution in [2.45, 2.75) is 27.2 Å². The first-order valence-electron chi connectivity index (χ1n) is 9.86. The summed E-state index contributed by atoms with van der Waals surface area (Å²) in [6, 6.07) is 11.9. The summed E-state index contributed by atoms with van der Waals surface area (Å²) in [4.78, 5) is 21.8. The summed E-state index contributed by atoms with van der Waals surface area (Å²) in [5.74, 6) is 0.630. The highest BCUT2D eigenvalue weighted by Crippen LogP contribution is 2.32. The van der Waals surface area contributed by atoms with Gasteiger partial charge in [-0.25, -0.2) is 4.98 Å². The van der Waals surface area contributed by atoms with Crippen LogP contribution in [0.4, 0.5) is 5.13 Å². The number of carbonyl (C=O) groups is 1. The summed E-state index contributed by atoms with van der Waals surface area (Å²) in [7, 11) is 4.08. The number of fused-ring (bicyclic) bond motifs is 1. The van der Waals surface area contributed by atoms with E-state index >= 15 is 0 Å². The number of thiazole rings is 1. The molecule has 154 valence electrons. The van der Waals surface area contributed by atoms with Gasteiger partial charge in [-0.2, -0.15) is 0 Å². The summed E-state index contributed by atoms with van der Waals surface area (Å²) in [5.41, 5.74) is 4.52. The highest BCUT2D eigenvalue weighted by atomic mass is 32.1. The first kappa shape index (κ1) is 21.3. The van der Waals surface area contributed by atoms with E-state index in [-0.39, 0.29) is 12.5 Å². The van der Waals surface area contributed by atoms with E-state index in [0.29, 0.717) is 12.3 Å². The van der Waals surface area contributed by atoms with Crippen LogP contribution in [0.5, 0.6) is 5.75 Å². The Labute approximate surface area is 176 Å². The molecule has 0 aliphatic heterocycles. The average molecular weight is 412 g/mol. The van der Waals surface area contributed by atoms with Gasteiger partial charge in [0.1, 0.15) is 5.75 Å². The van der Waals surface area contributed by atoms with Crippen molar-refractivity contribution in [3.8, 4) is 5.75 Å². The molecule has 29 heavy (non-hydrogen) atoms. The number of rotatable bonds is 8. The van der Waals surface area contributed by atoms with E-state index in [2.05, 4.69) is 30.9 Å². The third-order valence-corrected chi connectivity index (χ3v) is 6.02. The zero-order chi connectivity index (χ0) is 21.0. The second-order valence-corrected chi connectivity index (χ2v) is 8.66. The lowest BCUT2D eigenvalue weighted by Gasteiger charge is -2.21. The Morgan fingerprint density at radius 1 is 1.03 bits per heavy atom. The molecule has 0 bridgehead atoms. The molecule has 2 aromatic carbocycles. The number of benzene rings is 2. The number of amides is 1. The molecule has 0 aliphatic carbocycles. The Bertz CT molecular complexity index is 980. The largest absolute Gasteiger partial charge is 0.484 e. The third-order valence-electron chi connectivity index (χ3n) is 4.98. The molecule has 0 radical (unpaired) electrons. The van der Waals surface area contributed by atoms with Crippen LogP contribution >= 0.6 is 11.3 Å². The van der Waals surface area contributed by atoms with Gasteiger partial charge < -0.3 is 9.64 Å². The minimum atomic E-state index is -0.0715. The molecule has 3 rings (SSSR count). The Balaban J connectivity index is 1.80. The standard InChI is InChI=1S/C23H29N3O2S/c1-16-7-10-19(11-8-16)28-15-21(27)26(14-6-13-25(4)5)23-24-22-18(3)17(2)9-12-20(22)29-23/h7-12H,6,13-15H2,1-5H3. The van der Waals surface area contributed by atoms with Crippen molar-refractivity contribution < 1.29 is 9.53 Å². The highest BCUT2D eigenvalue weighted by molar-refractivity contribution is 7.22. The number of hydrogen-bond donors (Lipinski definition) is 0. The van der Waals surface area contributed by atoms with Gasteiger partial charge in [0.2, 0.25) is 0 Å². The van der Waals surface area contributed by atoms with E-state index in [1.165, 1.54) is 11.1 Å². The van der Waals surface area contributed by atoms with E-state index in [4.69, 9.17) is 9.72 Å².